The van der Waals surface area contributed by atoms with Gasteiger partial charge in [-0.25, -0.2) is 0 Å². The minimum Gasteiger partial charge on any atom is -0.493 e. The molecule has 1 heterocycles. The van der Waals surface area contributed by atoms with Gasteiger partial charge in [0, 0.05) is 12.5 Å². The topological polar surface area (TPSA) is 35.3 Å². The third kappa shape index (κ3) is 2.36. The molecule has 0 N–H and O–H groups in total. The van der Waals surface area contributed by atoms with Gasteiger partial charge in [-0.15, -0.1) is 0 Å². The van der Waals surface area contributed by atoms with Crippen LogP contribution >= 0.6 is 0 Å². The summed E-state index contributed by atoms with van der Waals surface area (Å²) in [5, 5.41) is 3.79. The monoisotopic (exact) mass is 189 g/mol. The van der Waals surface area contributed by atoms with Crippen molar-refractivity contribution in [1.29, 1.82) is 0 Å². The molecule has 0 fully saturated rings. The molecule has 0 amide bonds. The van der Waals surface area contributed by atoms with Crippen molar-refractivity contribution in [2.75, 3.05) is 6.61 Å². The molecule has 0 spiro atoms. The first-order chi connectivity index (χ1) is 6.95. The summed E-state index contributed by atoms with van der Waals surface area (Å²) in [5.74, 6) is 0.885. The van der Waals surface area contributed by atoms with Crippen LogP contribution in [0.3, 0.4) is 0 Å². The van der Waals surface area contributed by atoms with Crippen LogP contribution in [0, 0.1) is 0 Å². The van der Waals surface area contributed by atoms with E-state index in [1.165, 1.54) is 0 Å². The summed E-state index contributed by atoms with van der Waals surface area (Å²) in [5.41, 5.74) is 0.918. The molecule has 1 aromatic heterocycles. The molecular weight excluding hydrogens is 178 g/mol. The van der Waals surface area contributed by atoms with Crippen LogP contribution in [-0.2, 0) is 6.42 Å². The average Bonchev–Trinajstić information content (AvgIpc) is 2.72. The fraction of sp³-hybridized carbons (Fsp3) is 0.182. The van der Waals surface area contributed by atoms with Crippen molar-refractivity contribution in [2.24, 2.45) is 0 Å². The fourth-order valence-electron chi connectivity index (χ4n) is 1.16. The Kier molecular flexibility index (Phi) is 2.81. The second-order valence-corrected chi connectivity index (χ2v) is 2.90. The molecule has 1 aromatic carbocycles. The summed E-state index contributed by atoms with van der Waals surface area (Å²) in [6.07, 6.45) is 2.34. The normalized spacial score (nSPS) is 10.0. The van der Waals surface area contributed by atoms with Crippen LogP contribution in [0.4, 0.5) is 0 Å². The van der Waals surface area contributed by atoms with Gasteiger partial charge in [0.15, 0.2) is 0 Å². The lowest BCUT2D eigenvalue weighted by atomic mass is 10.3. The van der Waals surface area contributed by atoms with Crippen molar-refractivity contribution in [3.63, 3.8) is 0 Å². The molecule has 3 heteroatoms. The van der Waals surface area contributed by atoms with Crippen molar-refractivity contribution in [3.8, 4) is 5.75 Å². The maximum atomic E-state index is 5.50. The van der Waals surface area contributed by atoms with Gasteiger partial charge >= 0.3 is 0 Å². The number of ether oxygens (including phenoxy) is 1. The van der Waals surface area contributed by atoms with E-state index in [2.05, 4.69) is 5.16 Å². The van der Waals surface area contributed by atoms with Crippen LogP contribution in [0.2, 0.25) is 0 Å². The first kappa shape index (κ1) is 8.81. The molecule has 3 nitrogen and oxygen atoms in total. The molecule has 14 heavy (non-hydrogen) atoms. The van der Waals surface area contributed by atoms with E-state index in [0.717, 1.165) is 17.9 Å². The van der Waals surface area contributed by atoms with E-state index >= 15 is 0 Å². The van der Waals surface area contributed by atoms with Gasteiger partial charge in [0.1, 0.15) is 12.0 Å². The van der Waals surface area contributed by atoms with Gasteiger partial charge in [-0.1, -0.05) is 23.4 Å². The molecule has 0 unspecified atom stereocenters. The summed E-state index contributed by atoms with van der Waals surface area (Å²) in [7, 11) is 0. The minimum atomic E-state index is 0.622. The Morgan fingerprint density at radius 2 is 2.00 bits per heavy atom. The number of para-hydroxylation sites is 1. The van der Waals surface area contributed by atoms with E-state index in [9.17, 15) is 0 Å². The van der Waals surface area contributed by atoms with Crippen LogP contribution in [0.15, 0.2) is 47.2 Å². The lowest BCUT2D eigenvalue weighted by molar-refractivity contribution is 0.315. The Balaban J connectivity index is 1.79. The summed E-state index contributed by atoms with van der Waals surface area (Å²) in [6, 6.07) is 11.6. The maximum Gasteiger partial charge on any atom is 0.124 e. The van der Waals surface area contributed by atoms with Crippen molar-refractivity contribution < 1.29 is 9.26 Å². The van der Waals surface area contributed by atoms with Gasteiger partial charge in [0.25, 0.3) is 0 Å². The quantitative estimate of drug-likeness (QED) is 0.740. The zero-order chi connectivity index (χ0) is 9.64. The first-order valence-corrected chi connectivity index (χ1v) is 4.52. The number of hydrogen-bond donors (Lipinski definition) is 0. The second-order valence-electron chi connectivity index (χ2n) is 2.90. The van der Waals surface area contributed by atoms with E-state index in [4.69, 9.17) is 9.26 Å². The maximum absolute atomic E-state index is 5.50. The van der Waals surface area contributed by atoms with Crippen molar-refractivity contribution in [1.82, 2.24) is 5.16 Å². The van der Waals surface area contributed by atoms with Gasteiger partial charge in [0.05, 0.1) is 12.3 Å². The Labute approximate surface area is 82.3 Å². The molecule has 0 bridgehead atoms. The SMILES string of the molecule is c1ccc(OCCc2ccon2)cc1. The standard InChI is InChI=1S/C11H11NO2/c1-2-4-11(5-3-1)13-8-6-10-7-9-14-12-10/h1-5,7,9H,6,8H2. The summed E-state index contributed by atoms with van der Waals surface area (Å²) < 4.78 is 10.2. The predicted molar refractivity (Wildman–Crippen MR) is 52.1 cm³/mol. The molecule has 0 saturated heterocycles. The number of hydrogen-bond acceptors (Lipinski definition) is 3. The molecule has 0 aliphatic rings. The predicted octanol–water partition coefficient (Wildman–Crippen LogP) is 2.30. The molecule has 2 aromatic rings. The van der Waals surface area contributed by atoms with Gasteiger partial charge in [-0.05, 0) is 12.1 Å². The molecule has 0 radical (unpaired) electrons. The van der Waals surface area contributed by atoms with Crippen molar-refractivity contribution >= 4 is 0 Å². The zero-order valence-corrected chi connectivity index (χ0v) is 7.72. The summed E-state index contributed by atoms with van der Waals surface area (Å²) >= 11 is 0. The highest BCUT2D eigenvalue weighted by molar-refractivity contribution is 5.20. The second kappa shape index (κ2) is 4.46. The summed E-state index contributed by atoms with van der Waals surface area (Å²) in [6.45, 7) is 0.622. The fourth-order valence-corrected chi connectivity index (χ4v) is 1.16. The van der Waals surface area contributed by atoms with Gasteiger partial charge in [-0.2, -0.15) is 0 Å². The number of rotatable bonds is 4. The third-order valence-corrected chi connectivity index (χ3v) is 1.86. The first-order valence-electron chi connectivity index (χ1n) is 4.52. The van der Waals surface area contributed by atoms with Crippen molar-refractivity contribution in [3.05, 3.63) is 48.4 Å². The van der Waals surface area contributed by atoms with E-state index in [-0.39, 0.29) is 0 Å². The zero-order valence-electron chi connectivity index (χ0n) is 7.72. The highest BCUT2D eigenvalue weighted by atomic mass is 16.5. The Morgan fingerprint density at radius 1 is 1.14 bits per heavy atom. The number of benzene rings is 1. The lowest BCUT2D eigenvalue weighted by Crippen LogP contribution is -2.01. The molecule has 0 atom stereocenters. The molecular formula is C11H11NO2. The van der Waals surface area contributed by atoms with Crippen LogP contribution in [-0.4, -0.2) is 11.8 Å². The van der Waals surface area contributed by atoms with Gasteiger partial charge in [-0.3, -0.25) is 0 Å². The van der Waals surface area contributed by atoms with E-state index in [1.54, 1.807) is 6.26 Å². The lowest BCUT2D eigenvalue weighted by Gasteiger charge is -2.03. The van der Waals surface area contributed by atoms with E-state index in [0.29, 0.717) is 6.61 Å². The number of nitrogens with zero attached hydrogens (tertiary/aromatic N) is 1. The van der Waals surface area contributed by atoms with Gasteiger partial charge < -0.3 is 9.26 Å². The summed E-state index contributed by atoms with van der Waals surface area (Å²) in [4.78, 5) is 0. The van der Waals surface area contributed by atoms with Gasteiger partial charge in [0.2, 0.25) is 0 Å². The smallest absolute Gasteiger partial charge is 0.124 e. The molecule has 0 aliphatic carbocycles. The van der Waals surface area contributed by atoms with E-state index < -0.39 is 0 Å². The average molecular weight is 189 g/mol. The molecule has 0 saturated carbocycles. The Bertz CT molecular complexity index is 356. The molecule has 72 valence electrons. The molecule has 0 aliphatic heterocycles. The Morgan fingerprint density at radius 3 is 2.71 bits per heavy atom. The van der Waals surface area contributed by atoms with Crippen LogP contribution in [0.5, 0.6) is 5.75 Å². The van der Waals surface area contributed by atoms with Crippen LogP contribution in [0.25, 0.3) is 0 Å². The molecule has 2 rings (SSSR count). The van der Waals surface area contributed by atoms with Crippen molar-refractivity contribution in [2.45, 2.75) is 6.42 Å². The largest absolute Gasteiger partial charge is 0.493 e. The highest BCUT2D eigenvalue weighted by Gasteiger charge is 1.96. The highest BCUT2D eigenvalue weighted by Crippen LogP contribution is 2.08. The Hall–Kier alpha value is -1.77. The van der Waals surface area contributed by atoms with E-state index in [1.807, 2.05) is 36.4 Å². The third-order valence-electron chi connectivity index (χ3n) is 1.86. The van der Waals surface area contributed by atoms with Crippen LogP contribution in [0.1, 0.15) is 5.69 Å². The number of aromatic nitrogens is 1. The minimum absolute atomic E-state index is 0.622. The van der Waals surface area contributed by atoms with Crippen LogP contribution < -0.4 is 4.74 Å².